The number of furan rings is 1. The topological polar surface area (TPSA) is 103 Å². The molecule has 0 aliphatic carbocycles. The summed E-state index contributed by atoms with van der Waals surface area (Å²) in [4.78, 5) is 12.1. The number of nitrogens with two attached hydrogens (primary N) is 1. The highest BCUT2D eigenvalue weighted by molar-refractivity contribution is 7.89. The van der Waals surface area contributed by atoms with Crippen molar-refractivity contribution >= 4 is 27.0 Å². The van der Waals surface area contributed by atoms with Gasteiger partial charge in [0.1, 0.15) is 5.58 Å². The lowest BCUT2D eigenvalue weighted by atomic mass is 9.94. The molecule has 0 radical (unpaired) electrons. The van der Waals surface area contributed by atoms with E-state index in [1.807, 2.05) is 13.8 Å². The van der Waals surface area contributed by atoms with Gasteiger partial charge >= 0.3 is 5.97 Å². The normalized spacial score (nSPS) is 12.7. The van der Waals surface area contributed by atoms with Crippen molar-refractivity contribution in [3.8, 4) is 0 Å². The summed E-state index contributed by atoms with van der Waals surface area (Å²) >= 11 is 0. The highest BCUT2D eigenvalue weighted by Gasteiger charge is 2.28. The van der Waals surface area contributed by atoms with Gasteiger partial charge in [0.2, 0.25) is 15.8 Å². The number of hydrogen-bond donors (Lipinski definition) is 1. The first-order valence-corrected chi connectivity index (χ1v) is 9.84. The van der Waals surface area contributed by atoms with E-state index >= 15 is 0 Å². The van der Waals surface area contributed by atoms with Crippen LogP contribution in [0.2, 0.25) is 0 Å². The van der Waals surface area contributed by atoms with Gasteiger partial charge in [-0.1, -0.05) is 13.8 Å². The molecule has 0 amide bonds. The summed E-state index contributed by atoms with van der Waals surface area (Å²) in [6.45, 7) is 8.13. The van der Waals surface area contributed by atoms with Crippen LogP contribution < -0.4 is 5.73 Å². The number of benzene rings is 1. The molecule has 0 bridgehead atoms. The van der Waals surface area contributed by atoms with Crippen LogP contribution in [0.5, 0.6) is 0 Å². The van der Waals surface area contributed by atoms with Crippen molar-refractivity contribution < 1.29 is 22.4 Å². The van der Waals surface area contributed by atoms with E-state index in [0.717, 1.165) is 0 Å². The van der Waals surface area contributed by atoms with Crippen LogP contribution in [0.15, 0.2) is 27.5 Å². The third kappa shape index (κ3) is 3.92. The highest BCUT2D eigenvalue weighted by Crippen LogP contribution is 2.29. The van der Waals surface area contributed by atoms with Crippen LogP contribution in [-0.2, 0) is 14.8 Å². The highest BCUT2D eigenvalue weighted by atomic mass is 32.2. The Morgan fingerprint density at radius 2 is 2.00 bits per heavy atom. The fraction of sp³-hybridized carbons (Fsp3) is 0.500. The molecule has 0 atom stereocenters. The van der Waals surface area contributed by atoms with Crippen molar-refractivity contribution in [2.45, 2.75) is 32.6 Å². The largest absolute Gasteiger partial charge is 0.460 e. The zero-order chi connectivity index (χ0) is 19.7. The molecule has 1 aromatic carbocycles. The van der Waals surface area contributed by atoms with Crippen LogP contribution in [0.25, 0.3) is 11.0 Å². The van der Waals surface area contributed by atoms with Gasteiger partial charge in [-0.15, -0.1) is 0 Å². The lowest BCUT2D eigenvalue weighted by molar-refractivity contribution is 0.0491. The number of aryl methyl sites for hydroxylation is 1. The molecule has 0 saturated carbocycles. The standard InChI is InChI=1S/C18H26N2O5S/c1-6-24-17(21)16-12(2)14-9-13(7-8-15(14)25-16)26(22,23)20(5)11-18(3,4)10-19/h7-9H,6,10-11,19H2,1-5H3. The first kappa shape index (κ1) is 20.4. The number of esters is 1. The smallest absolute Gasteiger partial charge is 0.374 e. The monoisotopic (exact) mass is 382 g/mol. The number of fused-ring (bicyclic) bond motifs is 1. The molecular formula is C18H26N2O5S. The molecule has 0 unspecified atom stereocenters. The van der Waals surface area contributed by atoms with Crippen molar-refractivity contribution in [3.63, 3.8) is 0 Å². The molecule has 144 valence electrons. The molecule has 0 fully saturated rings. The Morgan fingerprint density at radius 3 is 2.58 bits per heavy atom. The van der Waals surface area contributed by atoms with E-state index in [1.54, 1.807) is 19.9 Å². The van der Waals surface area contributed by atoms with E-state index in [0.29, 0.717) is 29.6 Å². The molecule has 2 aromatic rings. The molecule has 26 heavy (non-hydrogen) atoms. The van der Waals surface area contributed by atoms with Gasteiger partial charge in [0.15, 0.2) is 0 Å². The van der Waals surface area contributed by atoms with Gasteiger partial charge in [-0.25, -0.2) is 17.5 Å². The van der Waals surface area contributed by atoms with Gasteiger partial charge in [-0.2, -0.15) is 0 Å². The van der Waals surface area contributed by atoms with Crippen LogP contribution in [0, 0.1) is 12.3 Å². The number of carbonyl (C=O) groups is 1. The minimum atomic E-state index is -3.69. The second-order valence-electron chi connectivity index (χ2n) is 7.06. The third-order valence-electron chi connectivity index (χ3n) is 4.28. The summed E-state index contributed by atoms with van der Waals surface area (Å²) in [5, 5.41) is 0.570. The first-order valence-electron chi connectivity index (χ1n) is 8.40. The molecule has 8 heteroatoms. The second-order valence-corrected chi connectivity index (χ2v) is 9.11. The summed E-state index contributed by atoms with van der Waals surface area (Å²) in [5.41, 5.74) is 6.37. The molecule has 2 N–H and O–H groups in total. The van der Waals surface area contributed by atoms with E-state index in [1.165, 1.54) is 23.5 Å². The Hall–Kier alpha value is -1.90. The molecular weight excluding hydrogens is 356 g/mol. The Bertz CT molecular complexity index is 915. The zero-order valence-corrected chi connectivity index (χ0v) is 16.6. The van der Waals surface area contributed by atoms with Crippen molar-refractivity contribution in [2.24, 2.45) is 11.1 Å². The average Bonchev–Trinajstić information content (AvgIpc) is 2.91. The van der Waals surface area contributed by atoms with Gasteiger partial charge in [0.25, 0.3) is 0 Å². The van der Waals surface area contributed by atoms with E-state index in [-0.39, 0.29) is 22.7 Å². The number of nitrogens with zero attached hydrogens (tertiary/aromatic N) is 1. The van der Waals surface area contributed by atoms with Crippen LogP contribution in [0.3, 0.4) is 0 Å². The van der Waals surface area contributed by atoms with Gasteiger partial charge in [-0.3, -0.25) is 0 Å². The first-order chi connectivity index (χ1) is 12.0. The predicted octanol–water partition coefficient (Wildman–Crippen LogP) is 2.52. The number of hydrogen-bond acceptors (Lipinski definition) is 6. The number of carbonyl (C=O) groups excluding carboxylic acids is 1. The quantitative estimate of drug-likeness (QED) is 0.738. The summed E-state index contributed by atoms with van der Waals surface area (Å²) < 4.78 is 37.6. The van der Waals surface area contributed by atoms with Crippen LogP contribution in [0.4, 0.5) is 0 Å². The summed E-state index contributed by atoms with van der Waals surface area (Å²) in [7, 11) is -2.16. The van der Waals surface area contributed by atoms with Crippen molar-refractivity contribution in [1.82, 2.24) is 4.31 Å². The summed E-state index contributed by atoms with van der Waals surface area (Å²) in [6, 6.07) is 4.56. The minimum absolute atomic E-state index is 0.0917. The molecule has 0 aliphatic heterocycles. The van der Waals surface area contributed by atoms with Crippen LogP contribution in [0.1, 0.15) is 36.9 Å². The van der Waals surface area contributed by atoms with Crippen LogP contribution >= 0.6 is 0 Å². The van der Waals surface area contributed by atoms with Gasteiger partial charge in [0.05, 0.1) is 11.5 Å². The summed E-state index contributed by atoms with van der Waals surface area (Å²) in [5.74, 6) is -0.471. The van der Waals surface area contributed by atoms with Crippen LogP contribution in [-0.4, -0.2) is 45.4 Å². The van der Waals surface area contributed by atoms with Gasteiger partial charge in [-0.05, 0) is 44.0 Å². The van der Waals surface area contributed by atoms with E-state index in [4.69, 9.17) is 14.9 Å². The predicted molar refractivity (Wildman–Crippen MR) is 99.6 cm³/mol. The number of ether oxygens (including phenoxy) is 1. The lowest BCUT2D eigenvalue weighted by Gasteiger charge is -2.28. The van der Waals surface area contributed by atoms with E-state index in [9.17, 15) is 13.2 Å². The minimum Gasteiger partial charge on any atom is -0.460 e. The molecule has 0 aliphatic rings. The van der Waals surface area contributed by atoms with Crippen molar-refractivity contribution in [1.29, 1.82) is 0 Å². The molecule has 2 rings (SSSR count). The van der Waals surface area contributed by atoms with E-state index in [2.05, 4.69) is 0 Å². The Morgan fingerprint density at radius 1 is 1.35 bits per heavy atom. The van der Waals surface area contributed by atoms with E-state index < -0.39 is 16.0 Å². The Balaban J connectivity index is 2.44. The molecule has 1 aromatic heterocycles. The molecule has 1 heterocycles. The summed E-state index contributed by atoms with van der Waals surface area (Å²) in [6.07, 6.45) is 0. The maximum atomic E-state index is 12.9. The second kappa shape index (κ2) is 7.38. The maximum absolute atomic E-state index is 12.9. The molecule has 0 spiro atoms. The zero-order valence-electron chi connectivity index (χ0n) is 15.8. The molecule has 0 saturated heterocycles. The number of rotatable bonds is 7. The Labute approximate surface area is 154 Å². The lowest BCUT2D eigenvalue weighted by Crippen LogP contribution is -2.39. The van der Waals surface area contributed by atoms with Crippen molar-refractivity contribution in [2.75, 3.05) is 26.7 Å². The van der Waals surface area contributed by atoms with Gasteiger partial charge < -0.3 is 14.9 Å². The van der Waals surface area contributed by atoms with Gasteiger partial charge in [0, 0.05) is 24.5 Å². The fourth-order valence-corrected chi connectivity index (χ4v) is 4.07. The Kier molecular flexibility index (Phi) is 5.79. The average molecular weight is 382 g/mol. The SMILES string of the molecule is CCOC(=O)c1oc2ccc(S(=O)(=O)N(C)CC(C)(C)CN)cc2c1C. The third-order valence-corrected chi connectivity index (χ3v) is 6.08. The molecule has 7 nitrogen and oxygen atoms in total. The maximum Gasteiger partial charge on any atom is 0.374 e. The number of sulfonamides is 1. The van der Waals surface area contributed by atoms with Crippen molar-refractivity contribution in [3.05, 3.63) is 29.5 Å². The fourth-order valence-electron chi connectivity index (χ4n) is 2.68.